The third-order valence-corrected chi connectivity index (χ3v) is 7.70. The molecule has 2 aliphatic rings. The molecule has 4 rings (SSSR count). The van der Waals surface area contributed by atoms with Crippen molar-refractivity contribution in [1.29, 1.82) is 0 Å². The quantitative estimate of drug-likeness (QED) is 0.323. The van der Waals surface area contributed by atoms with Gasteiger partial charge < -0.3 is 16.1 Å². The number of anilines is 5. The highest BCUT2D eigenvalue weighted by molar-refractivity contribution is 7.92. The van der Waals surface area contributed by atoms with Crippen LogP contribution in [0.1, 0.15) is 47.5 Å². The lowest BCUT2D eigenvalue weighted by molar-refractivity contribution is -0.117. The van der Waals surface area contributed by atoms with Gasteiger partial charge in [-0.15, -0.1) is 0 Å². The van der Waals surface area contributed by atoms with E-state index in [2.05, 4.69) is 21.0 Å². The number of carbonyl (C=O) groups excluding carboxylic acids is 2. The standard InChI is InChI=1S/C24H31FN6O4S/c1-30(2)29-23-17(13-32)20(12-22(27-23)28-24(33)16-11-18(16)25)26-19-9-8-15(14-6-5-7-14)10-21(19)31(3)36(4,34)35/h8-10,12-14,16,18H,5-7,11H2,1-4H3,(H3,26,27,28,29,33)/t16-,18?/m1/s1. The smallest absolute Gasteiger partial charge is 0.232 e. The van der Waals surface area contributed by atoms with Gasteiger partial charge in [0.2, 0.25) is 15.9 Å². The molecule has 10 nitrogen and oxygen atoms in total. The van der Waals surface area contributed by atoms with Gasteiger partial charge in [0.25, 0.3) is 0 Å². The number of sulfonamides is 1. The van der Waals surface area contributed by atoms with Crippen molar-refractivity contribution < 1.29 is 22.4 Å². The highest BCUT2D eigenvalue weighted by atomic mass is 32.2. The Kier molecular flexibility index (Phi) is 7.19. The molecule has 0 saturated heterocycles. The molecule has 1 amide bonds. The van der Waals surface area contributed by atoms with E-state index in [9.17, 15) is 22.4 Å². The van der Waals surface area contributed by atoms with Crippen LogP contribution in [0.2, 0.25) is 0 Å². The zero-order chi connectivity index (χ0) is 26.2. The maximum absolute atomic E-state index is 13.4. The van der Waals surface area contributed by atoms with Gasteiger partial charge in [-0.05, 0) is 42.9 Å². The van der Waals surface area contributed by atoms with E-state index >= 15 is 0 Å². The van der Waals surface area contributed by atoms with Gasteiger partial charge in [-0.1, -0.05) is 12.5 Å². The summed E-state index contributed by atoms with van der Waals surface area (Å²) in [6.45, 7) is 0. The summed E-state index contributed by atoms with van der Waals surface area (Å²) in [6, 6.07) is 7.06. The molecule has 0 radical (unpaired) electrons. The summed E-state index contributed by atoms with van der Waals surface area (Å²) in [5, 5.41) is 7.37. The minimum Gasteiger partial charge on any atom is -0.353 e. The fourth-order valence-corrected chi connectivity index (χ4v) is 4.54. The number of aldehydes is 1. The van der Waals surface area contributed by atoms with E-state index in [0.717, 1.165) is 31.1 Å². The molecule has 0 bridgehead atoms. The number of hydrogen-bond acceptors (Lipinski definition) is 8. The average molecular weight is 519 g/mol. The molecule has 2 aliphatic carbocycles. The van der Waals surface area contributed by atoms with Crippen molar-refractivity contribution in [3.8, 4) is 0 Å². The number of aromatic nitrogens is 1. The van der Waals surface area contributed by atoms with Crippen LogP contribution in [0, 0.1) is 5.92 Å². The van der Waals surface area contributed by atoms with E-state index in [4.69, 9.17) is 0 Å². The molecule has 0 aliphatic heterocycles. The number of halogens is 1. The lowest BCUT2D eigenvalue weighted by Gasteiger charge is -2.29. The molecule has 12 heteroatoms. The van der Waals surface area contributed by atoms with Crippen LogP contribution in [0.3, 0.4) is 0 Å². The van der Waals surface area contributed by atoms with Crippen LogP contribution in [-0.4, -0.2) is 64.2 Å². The van der Waals surface area contributed by atoms with E-state index in [1.165, 1.54) is 17.4 Å². The van der Waals surface area contributed by atoms with Crippen LogP contribution in [0.25, 0.3) is 0 Å². The number of amides is 1. The number of benzene rings is 1. The second-order valence-electron chi connectivity index (χ2n) is 9.55. The van der Waals surface area contributed by atoms with Crippen molar-refractivity contribution in [3.63, 3.8) is 0 Å². The van der Waals surface area contributed by atoms with E-state index in [1.807, 2.05) is 12.1 Å². The van der Waals surface area contributed by atoms with Gasteiger partial charge in [-0.2, -0.15) is 0 Å². The van der Waals surface area contributed by atoms with Crippen molar-refractivity contribution in [2.45, 2.75) is 37.8 Å². The van der Waals surface area contributed by atoms with Gasteiger partial charge in [0, 0.05) is 27.2 Å². The first-order valence-electron chi connectivity index (χ1n) is 11.7. The fraction of sp³-hybridized carbons (Fsp3) is 0.458. The first kappa shape index (κ1) is 25.8. The highest BCUT2D eigenvalue weighted by Crippen LogP contribution is 2.41. The zero-order valence-corrected chi connectivity index (χ0v) is 21.5. The molecule has 3 N–H and O–H groups in total. The Morgan fingerprint density at radius 2 is 1.86 bits per heavy atom. The summed E-state index contributed by atoms with van der Waals surface area (Å²) in [5.74, 6) is -0.518. The number of carbonyl (C=O) groups is 2. The Bertz CT molecular complexity index is 1280. The van der Waals surface area contributed by atoms with Crippen LogP contribution in [0.5, 0.6) is 0 Å². The Morgan fingerprint density at radius 3 is 2.39 bits per heavy atom. The van der Waals surface area contributed by atoms with Crippen molar-refractivity contribution in [3.05, 3.63) is 35.4 Å². The van der Waals surface area contributed by atoms with Gasteiger partial charge in [0.1, 0.15) is 12.0 Å². The molecular weight excluding hydrogens is 487 g/mol. The first-order chi connectivity index (χ1) is 17.0. The minimum atomic E-state index is -3.57. The SMILES string of the molecule is CN(C)Nc1nc(NC(=O)[C@@H]2CC2F)cc(Nc2ccc(C3CCC3)cc2N(C)S(C)(=O)=O)c1C=O. The van der Waals surface area contributed by atoms with Crippen LogP contribution in [-0.2, 0) is 14.8 Å². The second kappa shape index (κ2) is 10.0. The average Bonchev–Trinajstić information content (AvgIpc) is 3.48. The molecule has 194 valence electrons. The van der Waals surface area contributed by atoms with E-state index in [-0.39, 0.29) is 23.6 Å². The van der Waals surface area contributed by atoms with Crippen molar-refractivity contribution in [1.82, 2.24) is 9.99 Å². The maximum Gasteiger partial charge on any atom is 0.232 e. The van der Waals surface area contributed by atoms with E-state index in [1.54, 1.807) is 25.2 Å². The van der Waals surface area contributed by atoms with Gasteiger partial charge in [-0.3, -0.25) is 13.9 Å². The fourth-order valence-electron chi connectivity index (χ4n) is 4.03. The first-order valence-corrected chi connectivity index (χ1v) is 13.6. The second-order valence-corrected chi connectivity index (χ2v) is 11.6. The van der Waals surface area contributed by atoms with Crippen LogP contribution < -0.4 is 20.4 Å². The topological polar surface area (TPSA) is 124 Å². The number of rotatable bonds is 10. The summed E-state index contributed by atoms with van der Waals surface area (Å²) in [6.07, 6.45) is 3.99. The third-order valence-electron chi connectivity index (χ3n) is 6.51. The van der Waals surface area contributed by atoms with Crippen molar-refractivity contribution >= 4 is 50.9 Å². The summed E-state index contributed by atoms with van der Waals surface area (Å²) >= 11 is 0. The largest absolute Gasteiger partial charge is 0.353 e. The lowest BCUT2D eigenvalue weighted by Crippen LogP contribution is -2.26. The number of nitrogens with zero attached hydrogens (tertiary/aromatic N) is 3. The molecule has 2 aromatic rings. The molecule has 1 aromatic heterocycles. The molecule has 1 unspecified atom stereocenters. The predicted molar refractivity (Wildman–Crippen MR) is 138 cm³/mol. The number of alkyl halides is 1. The molecule has 1 heterocycles. The molecule has 0 spiro atoms. The molecule has 1 aromatic carbocycles. The maximum atomic E-state index is 13.4. The molecule has 2 fully saturated rings. The van der Waals surface area contributed by atoms with Gasteiger partial charge in [0.15, 0.2) is 12.1 Å². The normalized spacial score (nSPS) is 19.4. The molecular formula is C24H31FN6O4S. The molecule has 36 heavy (non-hydrogen) atoms. The van der Waals surface area contributed by atoms with Gasteiger partial charge >= 0.3 is 0 Å². The van der Waals surface area contributed by atoms with Gasteiger partial charge in [-0.25, -0.2) is 22.8 Å². The summed E-state index contributed by atoms with van der Waals surface area (Å²) < 4.78 is 39.4. The van der Waals surface area contributed by atoms with E-state index < -0.39 is 28.0 Å². The monoisotopic (exact) mass is 518 g/mol. The Balaban J connectivity index is 1.76. The minimum absolute atomic E-state index is 0.126. The van der Waals surface area contributed by atoms with Gasteiger partial charge in [0.05, 0.1) is 34.8 Å². The van der Waals surface area contributed by atoms with Crippen molar-refractivity contribution in [2.75, 3.05) is 47.8 Å². The highest BCUT2D eigenvalue weighted by Gasteiger charge is 2.43. The predicted octanol–water partition coefficient (Wildman–Crippen LogP) is 3.49. The Morgan fingerprint density at radius 1 is 1.17 bits per heavy atom. The Labute approximate surface area is 210 Å². The van der Waals surface area contributed by atoms with Crippen LogP contribution >= 0.6 is 0 Å². The third kappa shape index (κ3) is 5.59. The zero-order valence-electron chi connectivity index (χ0n) is 20.7. The summed E-state index contributed by atoms with van der Waals surface area (Å²) in [5.41, 5.74) is 5.35. The Hall–Kier alpha value is -3.25. The van der Waals surface area contributed by atoms with E-state index in [0.29, 0.717) is 29.3 Å². The van der Waals surface area contributed by atoms with Crippen LogP contribution in [0.15, 0.2) is 24.3 Å². The molecule has 2 atom stereocenters. The number of pyridine rings is 1. The lowest BCUT2D eigenvalue weighted by atomic mass is 9.80. The number of nitrogens with one attached hydrogen (secondary N) is 3. The molecule has 2 saturated carbocycles. The van der Waals surface area contributed by atoms with Crippen LogP contribution in [0.4, 0.5) is 33.1 Å². The number of hydrogen-bond donors (Lipinski definition) is 3. The number of hydrazine groups is 1. The summed E-state index contributed by atoms with van der Waals surface area (Å²) in [4.78, 5) is 28.8. The van der Waals surface area contributed by atoms with Crippen molar-refractivity contribution in [2.24, 2.45) is 5.92 Å². The summed E-state index contributed by atoms with van der Waals surface area (Å²) in [7, 11) is 1.33.